The number of hydrogen-bond donors (Lipinski definition) is 0. The zero-order valence-electron chi connectivity index (χ0n) is 12.1. The molecule has 0 aliphatic carbocycles. The largest absolute Gasteiger partial charge is 0.264 e. The molecule has 0 amide bonds. The Morgan fingerprint density at radius 2 is 1.74 bits per heavy atom. The second-order valence-electron chi connectivity index (χ2n) is 6.28. The van der Waals surface area contributed by atoms with E-state index in [1.54, 1.807) is 12.5 Å². The van der Waals surface area contributed by atoms with E-state index in [-0.39, 0.29) is 10.8 Å². The maximum absolute atomic E-state index is 4.40. The molecule has 2 aromatic rings. The molecule has 0 saturated heterocycles. The predicted molar refractivity (Wildman–Crippen MR) is 76.9 cm³/mol. The second-order valence-corrected chi connectivity index (χ2v) is 6.28. The number of aromatic nitrogens is 3. The first kappa shape index (κ1) is 13.7. The molecule has 3 nitrogen and oxygen atoms in total. The van der Waals surface area contributed by atoms with Gasteiger partial charge in [-0.1, -0.05) is 33.8 Å². The highest BCUT2D eigenvalue weighted by Crippen LogP contribution is 2.37. The van der Waals surface area contributed by atoms with Gasteiger partial charge in [-0.15, -0.1) is 0 Å². The van der Waals surface area contributed by atoms with Crippen molar-refractivity contribution in [2.75, 3.05) is 0 Å². The van der Waals surface area contributed by atoms with Gasteiger partial charge >= 0.3 is 0 Å². The lowest BCUT2D eigenvalue weighted by molar-refractivity contribution is 0.341. The van der Waals surface area contributed by atoms with Gasteiger partial charge in [0.2, 0.25) is 0 Å². The Balaban J connectivity index is 2.25. The molecule has 2 rings (SSSR count). The van der Waals surface area contributed by atoms with Crippen LogP contribution in [0.5, 0.6) is 0 Å². The molecule has 2 heterocycles. The minimum Gasteiger partial charge on any atom is -0.264 e. The molecule has 0 spiro atoms. The molecule has 0 saturated carbocycles. The molecular formula is C16H21N3. The number of hydrogen-bond acceptors (Lipinski definition) is 3. The van der Waals surface area contributed by atoms with Crippen LogP contribution in [-0.4, -0.2) is 15.0 Å². The van der Waals surface area contributed by atoms with Crippen LogP contribution < -0.4 is 0 Å². The molecule has 0 fully saturated rings. The van der Waals surface area contributed by atoms with Crippen LogP contribution in [-0.2, 0) is 10.8 Å². The summed E-state index contributed by atoms with van der Waals surface area (Å²) in [6.45, 7) is 8.97. The summed E-state index contributed by atoms with van der Waals surface area (Å²) in [6.07, 6.45) is 8.20. The molecule has 0 aromatic carbocycles. The Morgan fingerprint density at radius 1 is 0.947 bits per heavy atom. The molecule has 0 radical (unpaired) electrons. The molecule has 0 bridgehead atoms. The van der Waals surface area contributed by atoms with Crippen LogP contribution >= 0.6 is 0 Å². The van der Waals surface area contributed by atoms with Crippen LogP contribution in [0.4, 0.5) is 0 Å². The second kappa shape index (κ2) is 5.08. The Hall–Kier alpha value is -1.77. The smallest absolute Gasteiger partial charge is 0.115 e. The van der Waals surface area contributed by atoms with Crippen molar-refractivity contribution < 1.29 is 0 Å². The summed E-state index contributed by atoms with van der Waals surface area (Å²) in [7, 11) is 0. The SMILES string of the molecule is CC(C)(CC(C)(C)c1ccncn1)c1cccnc1. The van der Waals surface area contributed by atoms with Crippen LogP contribution in [0.3, 0.4) is 0 Å². The third-order valence-corrected chi connectivity index (χ3v) is 3.60. The lowest BCUT2D eigenvalue weighted by Crippen LogP contribution is -2.30. The van der Waals surface area contributed by atoms with Crippen molar-refractivity contribution in [3.8, 4) is 0 Å². The van der Waals surface area contributed by atoms with E-state index < -0.39 is 0 Å². The lowest BCUT2D eigenvalue weighted by atomic mass is 9.70. The number of rotatable bonds is 4. The van der Waals surface area contributed by atoms with Gasteiger partial charge in [0.25, 0.3) is 0 Å². The van der Waals surface area contributed by atoms with Gasteiger partial charge in [-0.3, -0.25) is 4.98 Å². The van der Waals surface area contributed by atoms with Gasteiger partial charge in [0.15, 0.2) is 0 Å². The Labute approximate surface area is 115 Å². The van der Waals surface area contributed by atoms with E-state index in [0.717, 1.165) is 12.1 Å². The van der Waals surface area contributed by atoms with E-state index in [0.29, 0.717) is 0 Å². The molecule has 0 N–H and O–H groups in total. The summed E-state index contributed by atoms with van der Waals surface area (Å²) in [5.41, 5.74) is 2.40. The third-order valence-electron chi connectivity index (χ3n) is 3.60. The Morgan fingerprint density at radius 3 is 2.32 bits per heavy atom. The highest BCUT2D eigenvalue weighted by atomic mass is 14.8. The summed E-state index contributed by atoms with van der Waals surface area (Å²) in [5.74, 6) is 0. The van der Waals surface area contributed by atoms with Gasteiger partial charge in [-0.25, -0.2) is 9.97 Å². The van der Waals surface area contributed by atoms with Crippen molar-refractivity contribution in [1.82, 2.24) is 15.0 Å². The van der Waals surface area contributed by atoms with Gasteiger partial charge < -0.3 is 0 Å². The maximum Gasteiger partial charge on any atom is 0.115 e. The average Bonchev–Trinajstić information content (AvgIpc) is 2.40. The first-order chi connectivity index (χ1) is 8.92. The molecule has 3 heteroatoms. The first-order valence-corrected chi connectivity index (χ1v) is 6.59. The van der Waals surface area contributed by atoms with E-state index in [1.165, 1.54) is 5.56 Å². The predicted octanol–water partition coefficient (Wildman–Crippen LogP) is 3.52. The number of nitrogens with zero attached hydrogens (tertiary/aromatic N) is 3. The fraction of sp³-hybridized carbons (Fsp3) is 0.438. The Kier molecular flexibility index (Phi) is 3.65. The zero-order valence-corrected chi connectivity index (χ0v) is 12.1. The van der Waals surface area contributed by atoms with Gasteiger partial charge in [0.05, 0.1) is 0 Å². The summed E-state index contributed by atoms with van der Waals surface area (Å²) in [5, 5.41) is 0. The monoisotopic (exact) mass is 255 g/mol. The lowest BCUT2D eigenvalue weighted by Gasteiger charge is -2.34. The van der Waals surface area contributed by atoms with Crippen LogP contribution in [0.15, 0.2) is 43.1 Å². The van der Waals surface area contributed by atoms with Gasteiger partial charge in [0.1, 0.15) is 6.33 Å². The molecule has 0 aliphatic heterocycles. The minimum atomic E-state index is 0.00226. The third kappa shape index (κ3) is 3.16. The van der Waals surface area contributed by atoms with Crippen LogP contribution in [0, 0.1) is 0 Å². The van der Waals surface area contributed by atoms with Crippen LogP contribution in [0.25, 0.3) is 0 Å². The van der Waals surface area contributed by atoms with Crippen molar-refractivity contribution in [2.24, 2.45) is 0 Å². The molecular weight excluding hydrogens is 234 g/mol. The van der Waals surface area contributed by atoms with Crippen molar-refractivity contribution in [3.63, 3.8) is 0 Å². The van der Waals surface area contributed by atoms with Crippen molar-refractivity contribution in [3.05, 3.63) is 54.4 Å². The Bertz CT molecular complexity index is 469. The van der Waals surface area contributed by atoms with Crippen molar-refractivity contribution in [2.45, 2.75) is 44.9 Å². The standard InChI is InChI=1S/C16H21N3/c1-15(2,13-6-5-8-17-10-13)11-16(3,4)14-7-9-18-12-19-14/h5-10,12H,11H2,1-4H3. The van der Waals surface area contributed by atoms with E-state index in [2.05, 4.69) is 48.7 Å². The molecule has 19 heavy (non-hydrogen) atoms. The fourth-order valence-electron chi connectivity index (χ4n) is 2.75. The average molecular weight is 255 g/mol. The molecule has 0 atom stereocenters. The molecule has 0 aliphatic rings. The highest BCUT2D eigenvalue weighted by Gasteiger charge is 2.32. The van der Waals surface area contributed by atoms with Crippen molar-refractivity contribution in [1.29, 1.82) is 0 Å². The minimum absolute atomic E-state index is 0.00226. The van der Waals surface area contributed by atoms with Crippen LogP contribution in [0.1, 0.15) is 45.4 Å². The van der Waals surface area contributed by atoms with Crippen molar-refractivity contribution >= 4 is 0 Å². The van der Waals surface area contributed by atoms with E-state index in [9.17, 15) is 0 Å². The van der Waals surface area contributed by atoms with Gasteiger partial charge in [-0.05, 0) is 29.5 Å². The summed E-state index contributed by atoms with van der Waals surface area (Å²) in [6, 6.07) is 6.14. The molecule has 0 unspecified atom stereocenters. The topological polar surface area (TPSA) is 38.7 Å². The fourth-order valence-corrected chi connectivity index (χ4v) is 2.75. The number of pyridine rings is 1. The van der Waals surface area contributed by atoms with Gasteiger partial charge in [0, 0.05) is 29.7 Å². The summed E-state index contributed by atoms with van der Waals surface area (Å²) < 4.78 is 0. The van der Waals surface area contributed by atoms with E-state index in [4.69, 9.17) is 0 Å². The first-order valence-electron chi connectivity index (χ1n) is 6.59. The normalized spacial score (nSPS) is 12.4. The summed E-state index contributed by atoms with van der Waals surface area (Å²) >= 11 is 0. The van der Waals surface area contributed by atoms with E-state index in [1.807, 2.05) is 24.5 Å². The highest BCUT2D eigenvalue weighted by molar-refractivity contribution is 5.23. The molecule has 100 valence electrons. The summed E-state index contributed by atoms with van der Waals surface area (Å²) in [4.78, 5) is 12.6. The molecule has 2 aromatic heterocycles. The zero-order chi connectivity index (χ0) is 13.9. The maximum atomic E-state index is 4.40. The quantitative estimate of drug-likeness (QED) is 0.839. The van der Waals surface area contributed by atoms with E-state index >= 15 is 0 Å². The van der Waals surface area contributed by atoms with Gasteiger partial charge in [-0.2, -0.15) is 0 Å². The van der Waals surface area contributed by atoms with Crippen LogP contribution in [0.2, 0.25) is 0 Å².